The average Bonchev–Trinajstić information content (AvgIpc) is 2.56. The number of benzene rings is 2. The Labute approximate surface area is 139 Å². The summed E-state index contributed by atoms with van der Waals surface area (Å²) in [7, 11) is 0. The molecular formula is C18H18N2O4. The second-order valence-corrected chi connectivity index (χ2v) is 5.26. The summed E-state index contributed by atoms with van der Waals surface area (Å²) in [4.78, 5) is 34.9. The second kappa shape index (κ2) is 7.92. The van der Waals surface area contributed by atoms with E-state index in [1.165, 1.54) is 13.0 Å². The lowest BCUT2D eigenvalue weighted by atomic mass is 10.1. The Morgan fingerprint density at radius 3 is 2.38 bits per heavy atom. The first-order chi connectivity index (χ1) is 11.5. The summed E-state index contributed by atoms with van der Waals surface area (Å²) in [6, 6.07) is 13.0. The van der Waals surface area contributed by atoms with E-state index in [-0.39, 0.29) is 11.5 Å². The summed E-state index contributed by atoms with van der Waals surface area (Å²) in [6.45, 7) is 1.72. The van der Waals surface area contributed by atoms with Crippen molar-refractivity contribution in [2.45, 2.75) is 13.3 Å². The number of amides is 2. The van der Waals surface area contributed by atoms with Gasteiger partial charge in [0.25, 0.3) is 0 Å². The SMILES string of the molecule is CC(=O)c1cccc(NC(=O)C(=O)NCCc2ccc(O)cc2)c1. The van der Waals surface area contributed by atoms with Gasteiger partial charge in [-0.1, -0.05) is 24.3 Å². The van der Waals surface area contributed by atoms with Crippen molar-refractivity contribution in [1.82, 2.24) is 5.32 Å². The molecule has 2 aromatic carbocycles. The highest BCUT2D eigenvalue weighted by Crippen LogP contribution is 2.11. The zero-order valence-corrected chi connectivity index (χ0v) is 13.2. The normalized spacial score (nSPS) is 10.0. The van der Waals surface area contributed by atoms with Crippen LogP contribution in [0.1, 0.15) is 22.8 Å². The monoisotopic (exact) mass is 326 g/mol. The lowest BCUT2D eigenvalue weighted by Crippen LogP contribution is -2.36. The van der Waals surface area contributed by atoms with Crippen LogP contribution in [0.4, 0.5) is 5.69 Å². The van der Waals surface area contributed by atoms with Gasteiger partial charge in [-0.05, 0) is 43.2 Å². The molecule has 0 spiro atoms. The fourth-order valence-corrected chi connectivity index (χ4v) is 2.07. The van der Waals surface area contributed by atoms with E-state index in [9.17, 15) is 19.5 Å². The number of phenols is 1. The minimum absolute atomic E-state index is 0.121. The molecule has 0 saturated heterocycles. The van der Waals surface area contributed by atoms with E-state index in [2.05, 4.69) is 10.6 Å². The molecule has 6 heteroatoms. The number of carbonyl (C=O) groups is 3. The van der Waals surface area contributed by atoms with E-state index in [1.54, 1.807) is 42.5 Å². The van der Waals surface area contributed by atoms with Crippen molar-refractivity contribution in [2.75, 3.05) is 11.9 Å². The predicted molar refractivity (Wildman–Crippen MR) is 89.9 cm³/mol. The van der Waals surface area contributed by atoms with E-state index in [0.29, 0.717) is 24.2 Å². The first-order valence-corrected chi connectivity index (χ1v) is 7.44. The molecule has 2 rings (SSSR count). The van der Waals surface area contributed by atoms with Gasteiger partial charge in [0.15, 0.2) is 5.78 Å². The molecule has 2 amide bonds. The van der Waals surface area contributed by atoms with Crippen LogP contribution in [0.25, 0.3) is 0 Å². The van der Waals surface area contributed by atoms with Crippen LogP contribution in [-0.2, 0) is 16.0 Å². The van der Waals surface area contributed by atoms with Gasteiger partial charge >= 0.3 is 11.8 Å². The molecule has 0 atom stereocenters. The standard InChI is InChI=1S/C18H18N2O4/c1-12(21)14-3-2-4-15(11-14)20-18(24)17(23)19-10-9-13-5-7-16(22)8-6-13/h2-8,11,22H,9-10H2,1H3,(H,19,23)(H,20,24). The fraction of sp³-hybridized carbons (Fsp3) is 0.167. The lowest BCUT2D eigenvalue weighted by molar-refractivity contribution is -0.136. The first kappa shape index (κ1) is 17.2. The molecule has 3 N–H and O–H groups in total. The summed E-state index contributed by atoms with van der Waals surface area (Å²) in [5, 5.41) is 14.2. The molecular weight excluding hydrogens is 308 g/mol. The number of aromatic hydroxyl groups is 1. The zero-order chi connectivity index (χ0) is 17.5. The van der Waals surface area contributed by atoms with Gasteiger partial charge in [-0.2, -0.15) is 0 Å². The van der Waals surface area contributed by atoms with Gasteiger partial charge in [0.1, 0.15) is 5.75 Å². The summed E-state index contributed by atoms with van der Waals surface area (Å²) in [5.74, 6) is -1.48. The molecule has 6 nitrogen and oxygen atoms in total. The first-order valence-electron chi connectivity index (χ1n) is 7.44. The van der Waals surface area contributed by atoms with E-state index >= 15 is 0 Å². The molecule has 0 fully saturated rings. The van der Waals surface area contributed by atoms with Gasteiger partial charge in [0, 0.05) is 17.8 Å². The van der Waals surface area contributed by atoms with Crippen LogP contribution < -0.4 is 10.6 Å². The minimum atomic E-state index is -0.790. The van der Waals surface area contributed by atoms with Crippen LogP contribution in [0.2, 0.25) is 0 Å². The third kappa shape index (κ3) is 4.95. The number of phenolic OH excluding ortho intramolecular Hbond substituents is 1. The summed E-state index contributed by atoms with van der Waals surface area (Å²) in [5.41, 5.74) is 1.78. The van der Waals surface area contributed by atoms with Crippen LogP contribution in [0.5, 0.6) is 5.75 Å². The Kier molecular flexibility index (Phi) is 5.68. The second-order valence-electron chi connectivity index (χ2n) is 5.26. The van der Waals surface area contributed by atoms with Gasteiger partial charge in [-0.3, -0.25) is 14.4 Å². The van der Waals surface area contributed by atoms with Crippen molar-refractivity contribution in [1.29, 1.82) is 0 Å². The lowest BCUT2D eigenvalue weighted by Gasteiger charge is -2.07. The molecule has 0 unspecified atom stereocenters. The van der Waals surface area contributed by atoms with E-state index < -0.39 is 11.8 Å². The average molecular weight is 326 g/mol. The maximum Gasteiger partial charge on any atom is 0.313 e. The van der Waals surface area contributed by atoms with Crippen LogP contribution in [0, 0.1) is 0 Å². The van der Waals surface area contributed by atoms with E-state index in [4.69, 9.17) is 0 Å². The topological polar surface area (TPSA) is 95.5 Å². The number of hydrogen-bond acceptors (Lipinski definition) is 4. The van der Waals surface area contributed by atoms with Gasteiger partial charge in [-0.15, -0.1) is 0 Å². The maximum atomic E-state index is 11.8. The Hall–Kier alpha value is -3.15. The van der Waals surface area contributed by atoms with Gasteiger partial charge in [0.2, 0.25) is 0 Å². The van der Waals surface area contributed by atoms with Gasteiger partial charge in [-0.25, -0.2) is 0 Å². The summed E-state index contributed by atoms with van der Waals surface area (Å²) < 4.78 is 0. The van der Waals surface area contributed by atoms with Crippen LogP contribution >= 0.6 is 0 Å². The van der Waals surface area contributed by atoms with Crippen LogP contribution in [0.15, 0.2) is 48.5 Å². The maximum absolute atomic E-state index is 11.8. The Morgan fingerprint density at radius 2 is 1.71 bits per heavy atom. The molecule has 124 valence electrons. The molecule has 0 aliphatic carbocycles. The molecule has 0 heterocycles. The molecule has 24 heavy (non-hydrogen) atoms. The van der Waals surface area contributed by atoms with Crippen LogP contribution in [-0.4, -0.2) is 29.2 Å². The van der Waals surface area contributed by atoms with Crippen molar-refractivity contribution < 1.29 is 19.5 Å². The molecule has 0 aliphatic rings. The molecule has 0 aliphatic heterocycles. The Bertz CT molecular complexity index is 754. The smallest absolute Gasteiger partial charge is 0.313 e. The number of nitrogens with one attached hydrogen (secondary N) is 2. The zero-order valence-electron chi connectivity index (χ0n) is 13.2. The van der Waals surface area contributed by atoms with Crippen molar-refractivity contribution >= 4 is 23.3 Å². The predicted octanol–water partition coefficient (Wildman–Crippen LogP) is 1.89. The van der Waals surface area contributed by atoms with Crippen molar-refractivity contribution in [2.24, 2.45) is 0 Å². The molecule has 0 aromatic heterocycles. The third-order valence-electron chi connectivity index (χ3n) is 3.37. The van der Waals surface area contributed by atoms with Crippen molar-refractivity contribution in [3.8, 4) is 5.75 Å². The number of carbonyl (C=O) groups excluding carboxylic acids is 3. The number of rotatable bonds is 5. The summed E-state index contributed by atoms with van der Waals surface area (Å²) >= 11 is 0. The molecule has 0 bridgehead atoms. The Balaban J connectivity index is 1.83. The number of hydrogen-bond donors (Lipinski definition) is 3. The quantitative estimate of drug-likeness (QED) is 0.577. The molecule has 0 saturated carbocycles. The highest BCUT2D eigenvalue weighted by molar-refractivity contribution is 6.39. The number of Topliss-reactive ketones (excluding diaryl/α,β-unsaturated/α-hetero) is 1. The minimum Gasteiger partial charge on any atom is -0.508 e. The van der Waals surface area contributed by atoms with Crippen LogP contribution in [0.3, 0.4) is 0 Å². The van der Waals surface area contributed by atoms with Crippen molar-refractivity contribution in [3.63, 3.8) is 0 Å². The number of anilines is 1. The van der Waals surface area contributed by atoms with Gasteiger partial charge in [0.05, 0.1) is 0 Å². The highest BCUT2D eigenvalue weighted by Gasteiger charge is 2.13. The van der Waals surface area contributed by atoms with E-state index in [1.807, 2.05) is 0 Å². The Morgan fingerprint density at radius 1 is 1.00 bits per heavy atom. The molecule has 2 aromatic rings. The largest absolute Gasteiger partial charge is 0.508 e. The van der Waals surface area contributed by atoms with Crippen molar-refractivity contribution in [3.05, 3.63) is 59.7 Å². The number of ketones is 1. The molecule has 0 radical (unpaired) electrons. The van der Waals surface area contributed by atoms with E-state index in [0.717, 1.165) is 5.56 Å². The third-order valence-corrected chi connectivity index (χ3v) is 3.37. The highest BCUT2D eigenvalue weighted by atomic mass is 16.3. The van der Waals surface area contributed by atoms with Gasteiger partial charge < -0.3 is 15.7 Å². The summed E-state index contributed by atoms with van der Waals surface area (Å²) in [6.07, 6.45) is 0.541. The fourth-order valence-electron chi connectivity index (χ4n) is 2.07.